The number of rotatable bonds is 3. The van der Waals surface area contributed by atoms with Crippen LogP contribution in [0.3, 0.4) is 0 Å². The van der Waals surface area contributed by atoms with Crippen LogP contribution in [0.2, 0.25) is 0 Å². The van der Waals surface area contributed by atoms with Gasteiger partial charge in [-0.2, -0.15) is 0 Å². The summed E-state index contributed by atoms with van der Waals surface area (Å²) in [4.78, 5) is 2.57. The Morgan fingerprint density at radius 3 is 2.69 bits per heavy atom. The lowest BCUT2D eigenvalue weighted by Crippen LogP contribution is -2.53. The Balaban J connectivity index is 2.56. The van der Waals surface area contributed by atoms with E-state index in [4.69, 9.17) is 5.73 Å². The van der Waals surface area contributed by atoms with Crippen LogP contribution >= 0.6 is 22.6 Å². The van der Waals surface area contributed by atoms with Crippen LogP contribution in [0.25, 0.3) is 0 Å². The summed E-state index contributed by atoms with van der Waals surface area (Å²) < 4.78 is 0.250. The van der Waals surface area contributed by atoms with Crippen LogP contribution in [-0.2, 0) is 0 Å². The fraction of sp³-hybridized carbons (Fsp3) is 1.00. The minimum Gasteiger partial charge on any atom is -0.328 e. The molecular weight excluding hydrogens is 275 g/mol. The number of hydrogen-bond acceptors (Lipinski definition) is 2. The predicted molar refractivity (Wildman–Crippen MR) is 66.1 cm³/mol. The fourth-order valence-corrected chi connectivity index (χ4v) is 2.80. The molecule has 1 aliphatic rings. The molecule has 0 radical (unpaired) electrons. The summed E-state index contributed by atoms with van der Waals surface area (Å²) >= 11 is 2.55. The molecule has 0 bridgehead atoms. The van der Waals surface area contributed by atoms with Crippen LogP contribution in [0.1, 0.15) is 33.1 Å². The standard InChI is InChI=1S/C10H21IN2/c1-9(2)7-13-6-4-3-5-10(13,11)8-12/h9H,3-8,12H2,1-2H3. The highest BCUT2D eigenvalue weighted by Gasteiger charge is 2.34. The van der Waals surface area contributed by atoms with E-state index in [1.54, 1.807) is 0 Å². The number of halogens is 1. The van der Waals surface area contributed by atoms with Crippen molar-refractivity contribution in [2.45, 2.75) is 36.7 Å². The Morgan fingerprint density at radius 2 is 2.15 bits per heavy atom. The van der Waals surface area contributed by atoms with E-state index in [9.17, 15) is 0 Å². The topological polar surface area (TPSA) is 29.3 Å². The number of nitrogens with zero attached hydrogens (tertiary/aromatic N) is 1. The Labute approximate surface area is 95.4 Å². The molecule has 0 spiro atoms. The van der Waals surface area contributed by atoms with Gasteiger partial charge in [-0.05, 0) is 31.7 Å². The molecule has 2 N–H and O–H groups in total. The van der Waals surface area contributed by atoms with E-state index < -0.39 is 0 Å². The van der Waals surface area contributed by atoms with Crippen molar-refractivity contribution in [3.8, 4) is 0 Å². The number of hydrogen-bond donors (Lipinski definition) is 1. The average molecular weight is 296 g/mol. The second-order valence-corrected chi connectivity index (χ2v) is 6.43. The number of piperidine rings is 1. The number of nitrogens with two attached hydrogens (primary N) is 1. The third kappa shape index (κ3) is 3.06. The van der Waals surface area contributed by atoms with E-state index in [2.05, 4.69) is 41.3 Å². The smallest absolute Gasteiger partial charge is 0.0853 e. The Kier molecular flexibility index (Phi) is 4.45. The average Bonchev–Trinajstić information content (AvgIpc) is 2.09. The Hall–Kier alpha value is 0.650. The lowest BCUT2D eigenvalue weighted by molar-refractivity contribution is 0.124. The second-order valence-electron chi connectivity index (χ2n) is 4.42. The third-order valence-electron chi connectivity index (χ3n) is 2.70. The van der Waals surface area contributed by atoms with Crippen molar-refractivity contribution in [1.29, 1.82) is 0 Å². The van der Waals surface area contributed by atoms with Gasteiger partial charge in [0.05, 0.1) is 3.55 Å². The monoisotopic (exact) mass is 296 g/mol. The van der Waals surface area contributed by atoms with Crippen LogP contribution in [0.4, 0.5) is 0 Å². The van der Waals surface area contributed by atoms with E-state index in [1.807, 2.05) is 0 Å². The van der Waals surface area contributed by atoms with Crippen molar-refractivity contribution < 1.29 is 0 Å². The third-order valence-corrected chi connectivity index (χ3v) is 4.36. The SMILES string of the molecule is CC(C)CN1CCCCC1(I)CN. The highest BCUT2D eigenvalue weighted by molar-refractivity contribution is 14.1. The largest absolute Gasteiger partial charge is 0.328 e. The van der Waals surface area contributed by atoms with Gasteiger partial charge in [-0.1, -0.05) is 36.4 Å². The quantitative estimate of drug-likeness (QED) is 0.491. The number of alkyl halides is 1. The molecule has 3 heteroatoms. The first-order chi connectivity index (χ1) is 6.08. The van der Waals surface area contributed by atoms with Gasteiger partial charge in [-0.15, -0.1) is 0 Å². The minimum atomic E-state index is 0.250. The molecule has 0 amide bonds. The molecule has 1 fully saturated rings. The zero-order chi connectivity index (χ0) is 9.90. The molecule has 1 unspecified atom stereocenters. The van der Waals surface area contributed by atoms with E-state index in [0.717, 1.165) is 12.5 Å². The Morgan fingerprint density at radius 1 is 1.46 bits per heavy atom. The van der Waals surface area contributed by atoms with E-state index in [-0.39, 0.29) is 3.55 Å². The van der Waals surface area contributed by atoms with Crippen molar-refractivity contribution in [2.75, 3.05) is 19.6 Å². The summed E-state index contributed by atoms with van der Waals surface area (Å²) in [5.41, 5.74) is 5.85. The summed E-state index contributed by atoms with van der Waals surface area (Å²) in [7, 11) is 0. The lowest BCUT2D eigenvalue weighted by atomic mass is 10.0. The van der Waals surface area contributed by atoms with Gasteiger partial charge < -0.3 is 5.73 Å². The lowest BCUT2D eigenvalue weighted by Gasteiger charge is -2.43. The first-order valence-corrected chi connectivity index (χ1v) is 6.30. The highest BCUT2D eigenvalue weighted by Crippen LogP contribution is 2.33. The molecule has 1 heterocycles. The van der Waals surface area contributed by atoms with E-state index in [1.165, 1.54) is 32.4 Å². The van der Waals surface area contributed by atoms with Gasteiger partial charge in [0.1, 0.15) is 0 Å². The van der Waals surface area contributed by atoms with Crippen molar-refractivity contribution in [3.05, 3.63) is 0 Å². The predicted octanol–water partition coefficient (Wildman–Crippen LogP) is 2.22. The molecule has 2 nitrogen and oxygen atoms in total. The maximum atomic E-state index is 5.85. The van der Waals surface area contributed by atoms with Gasteiger partial charge in [0.25, 0.3) is 0 Å². The van der Waals surface area contributed by atoms with Crippen LogP contribution in [0.15, 0.2) is 0 Å². The van der Waals surface area contributed by atoms with Gasteiger partial charge in [0, 0.05) is 13.1 Å². The summed E-state index contributed by atoms with van der Waals surface area (Å²) in [5.74, 6) is 0.749. The molecule has 0 aromatic carbocycles. The van der Waals surface area contributed by atoms with Gasteiger partial charge in [-0.25, -0.2) is 0 Å². The normalized spacial score (nSPS) is 31.2. The summed E-state index contributed by atoms with van der Waals surface area (Å²) in [6.07, 6.45) is 3.95. The zero-order valence-corrected chi connectivity index (χ0v) is 10.9. The van der Waals surface area contributed by atoms with Crippen molar-refractivity contribution in [2.24, 2.45) is 11.7 Å². The van der Waals surface area contributed by atoms with Gasteiger partial charge in [0.2, 0.25) is 0 Å². The van der Waals surface area contributed by atoms with Crippen LogP contribution < -0.4 is 5.73 Å². The maximum absolute atomic E-state index is 5.85. The van der Waals surface area contributed by atoms with Crippen molar-refractivity contribution >= 4 is 22.6 Å². The van der Waals surface area contributed by atoms with Crippen molar-refractivity contribution in [3.63, 3.8) is 0 Å². The molecule has 1 rings (SSSR count). The molecule has 0 aliphatic carbocycles. The minimum absolute atomic E-state index is 0.250. The molecular formula is C10H21IN2. The first kappa shape index (κ1) is 11.7. The molecule has 0 aromatic heterocycles. The maximum Gasteiger partial charge on any atom is 0.0853 e. The molecule has 1 saturated heterocycles. The van der Waals surface area contributed by atoms with Crippen LogP contribution in [0, 0.1) is 5.92 Å². The molecule has 13 heavy (non-hydrogen) atoms. The summed E-state index contributed by atoms with van der Waals surface area (Å²) in [5, 5.41) is 0. The summed E-state index contributed by atoms with van der Waals surface area (Å²) in [6, 6.07) is 0. The number of likely N-dealkylation sites (tertiary alicyclic amines) is 1. The molecule has 0 aromatic rings. The molecule has 78 valence electrons. The van der Waals surface area contributed by atoms with E-state index in [0.29, 0.717) is 0 Å². The molecule has 1 aliphatic heterocycles. The Bertz CT molecular complexity index is 161. The van der Waals surface area contributed by atoms with E-state index >= 15 is 0 Å². The van der Waals surface area contributed by atoms with Crippen molar-refractivity contribution in [1.82, 2.24) is 4.90 Å². The molecule has 0 saturated carbocycles. The van der Waals surface area contributed by atoms with Gasteiger partial charge in [0.15, 0.2) is 0 Å². The molecule has 1 atom stereocenters. The highest BCUT2D eigenvalue weighted by atomic mass is 127. The van der Waals surface area contributed by atoms with Crippen LogP contribution in [0.5, 0.6) is 0 Å². The first-order valence-electron chi connectivity index (χ1n) is 5.22. The fourth-order valence-electron chi connectivity index (χ4n) is 1.98. The zero-order valence-electron chi connectivity index (χ0n) is 8.72. The van der Waals surface area contributed by atoms with Gasteiger partial charge in [-0.3, -0.25) is 4.90 Å². The summed E-state index contributed by atoms with van der Waals surface area (Å²) in [6.45, 7) is 7.78. The van der Waals surface area contributed by atoms with Gasteiger partial charge >= 0.3 is 0 Å². The second kappa shape index (κ2) is 4.94. The van der Waals surface area contributed by atoms with Crippen LogP contribution in [-0.4, -0.2) is 28.1 Å².